The summed E-state index contributed by atoms with van der Waals surface area (Å²) in [4.78, 5) is 0. The highest BCUT2D eigenvalue weighted by Crippen LogP contribution is 2.21. The van der Waals surface area contributed by atoms with Gasteiger partial charge in [-0.2, -0.15) is 0 Å². The molecule has 0 saturated carbocycles. The first-order valence-corrected chi connectivity index (χ1v) is 8.96. The fourth-order valence-corrected chi connectivity index (χ4v) is 3.08. The zero-order valence-electron chi connectivity index (χ0n) is 14.7. The second-order valence-corrected chi connectivity index (χ2v) is 6.29. The van der Waals surface area contributed by atoms with Crippen molar-refractivity contribution in [1.29, 1.82) is 0 Å². The highest BCUT2D eigenvalue weighted by Gasteiger charge is 2.12. The van der Waals surface area contributed by atoms with Crippen molar-refractivity contribution in [3.8, 4) is 0 Å². The average molecular weight is 330 g/mol. The number of hydrogen-bond donors (Lipinski definition) is 2. The molecule has 1 atom stereocenters. The number of hydrogen-bond acceptors (Lipinski definition) is 2. The molecule has 2 nitrogen and oxygen atoms in total. The lowest BCUT2D eigenvalue weighted by Crippen LogP contribution is -2.32. The van der Waals surface area contributed by atoms with E-state index < -0.39 is 0 Å². The molecular formula is C23H26N2. The van der Waals surface area contributed by atoms with E-state index in [0.29, 0.717) is 6.04 Å². The second-order valence-electron chi connectivity index (χ2n) is 6.29. The van der Waals surface area contributed by atoms with Gasteiger partial charge >= 0.3 is 0 Å². The Balaban J connectivity index is 1.58. The Morgan fingerprint density at radius 3 is 1.44 bits per heavy atom. The smallest absolute Gasteiger partial charge is 0.0577 e. The van der Waals surface area contributed by atoms with Crippen LogP contribution in [-0.4, -0.2) is 13.1 Å². The molecule has 0 radical (unpaired) electrons. The highest BCUT2D eigenvalue weighted by molar-refractivity contribution is 5.31. The monoisotopic (exact) mass is 330 g/mol. The first-order valence-electron chi connectivity index (χ1n) is 8.96. The standard InChI is InChI=1S/C23H26N2/c1-19(20-11-5-2-6-12-20)24-17-18-25-23(21-13-7-3-8-14-21)22-15-9-4-10-16-22/h2-16,19,23-25H,17-18H2,1H3. The molecule has 0 aliphatic rings. The van der Waals surface area contributed by atoms with Crippen LogP contribution in [0.15, 0.2) is 91.0 Å². The van der Waals surface area contributed by atoms with Gasteiger partial charge in [-0.15, -0.1) is 0 Å². The van der Waals surface area contributed by atoms with Crippen molar-refractivity contribution in [3.63, 3.8) is 0 Å². The van der Waals surface area contributed by atoms with Gasteiger partial charge in [-0.05, 0) is 23.6 Å². The van der Waals surface area contributed by atoms with E-state index in [9.17, 15) is 0 Å². The predicted octanol–water partition coefficient (Wildman–Crippen LogP) is 4.72. The zero-order chi connectivity index (χ0) is 17.3. The molecule has 0 aromatic heterocycles. The quantitative estimate of drug-likeness (QED) is 0.584. The minimum absolute atomic E-state index is 0.219. The van der Waals surface area contributed by atoms with Crippen LogP contribution in [0.3, 0.4) is 0 Å². The third kappa shape index (κ3) is 5.02. The Morgan fingerprint density at radius 2 is 0.960 bits per heavy atom. The normalized spacial score (nSPS) is 12.2. The summed E-state index contributed by atoms with van der Waals surface area (Å²) in [5.41, 5.74) is 3.92. The molecule has 25 heavy (non-hydrogen) atoms. The summed E-state index contributed by atoms with van der Waals surface area (Å²) in [7, 11) is 0. The Labute approximate surface area is 150 Å². The summed E-state index contributed by atoms with van der Waals surface area (Å²) in [5.74, 6) is 0. The molecule has 2 heteroatoms. The van der Waals surface area contributed by atoms with Gasteiger partial charge in [-0.1, -0.05) is 91.0 Å². The Kier molecular flexibility index (Phi) is 6.38. The van der Waals surface area contributed by atoms with Gasteiger partial charge in [0.15, 0.2) is 0 Å². The molecule has 0 heterocycles. The van der Waals surface area contributed by atoms with Gasteiger partial charge in [0.1, 0.15) is 0 Å². The fourth-order valence-electron chi connectivity index (χ4n) is 3.08. The molecule has 0 bridgehead atoms. The van der Waals surface area contributed by atoms with Gasteiger partial charge in [-0.3, -0.25) is 0 Å². The van der Waals surface area contributed by atoms with Gasteiger partial charge in [-0.25, -0.2) is 0 Å². The van der Waals surface area contributed by atoms with Crippen molar-refractivity contribution in [3.05, 3.63) is 108 Å². The molecule has 0 aliphatic carbocycles. The third-order valence-electron chi connectivity index (χ3n) is 4.49. The highest BCUT2D eigenvalue weighted by atomic mass is 15.0. The van der Waals surface area contributed by atoms with Gasteiger partial charge in [0.25, 0.3) is 0 Å². The minimum atomic E-state index is 0.219. The van der Waals surface area contributed by atoms with Gasteiger partial charge in [0.05, 0.1) is 6.04 Å². The van der Waals surface area contributed by atoms with Crippen molar-refractivity contribution in [2.75, 3.05) is 13.1 Å². The first kappa shape index (κ1) is 17.4. The topological polar surface area (TPSA) is 24.1 Å². The molecule has 3 rings (SSSR count). The van der Waals surface area contributed by atoms with E-state index >= 15 is 0 Å². The molecular weight excluding hydrogens is 304 g/mol. The molecule has 0 aliphatic heterocycles. The summed E-state index contributed by atoms with van der Waals surface area (Å²) in [5, 5.41) is 7.29. The van der Waals surface area contributed by atoms with Crippen molar-refractivity contribution in [2.45, 2.75) is 19.0 Å². The average Bonchev–Trinajstić information content (AvgIpc) is 2.70. The van der Waals surface area contributed by atoms with E-state index in [1.54, 1.807) is 0 Å². The maximum atomic E-state index is 3.70. The lowest BCUT2D eigenvalue weighted by atomic mass is 9.99. The zero-order valence-corrected chi connectivity index (χ0v) is 14.7. The number of rotatable bonds is 8. The van der Waals surface area contributed by atoms with Gasteiger partial charge in [0.2, 0.25) is 0 Å². The van der Waals surface area contributed by atoms with Crippen molar-refractivity contribution >= 4 is 0 Å². The van der Waals surface area contributed by atoms with Crippen LogP contribution in [0.1, 0.15) is 35.7 Å². The van der Waals surface area contributed by atoms with Crippen LogP contribution >= 0.6 is 0 Å². The van der Waals surface area contributed by atoms with Crippen LogP contribution in [0.4, 0.5) is 0 Å². The lowest BCUT2D eigenvalue weighted by Gasteiger charge is -2.21. The van der Waals surface area contributed by atoms with Crippen molar-refractivity contribution < 1.29 is 0 Å². The number of benzene rings is 3. The predicted molar refractivity (Wildman–Crippen MR) is 106 cm³/mol. The maximum absolute atomic E-state index is 3.70. The Morgan fingerprint density at radius 1 is 0.560 bits per heavy atom. The van der Waals surface area contributed by atoms with E-state index in [2.05, 4.69) is 109 Å². The SMILES string of the molecule is CC(NCCNC(c1ccccc1)c1ccccc1)c1ccccc1. The van der Waals surface area contributed by atoms with E-state index in [-0.39, 0.29) is 6.04 Å². The molecule has 0 amide bonds. The molecule has 0 saturated heterocycles. The van der Waals surface area contributed by atoms with Crippen LogP contribution < -0.4 is 10.6 Å². The minimum Gasteiger partial charge on any atom is -0.309 e. The Bertz CT molecular complexity index is 686. The summed E-state index contributed by atoms with van der Waals surface area (Å²) in [6, 6.07) is 32.4. The van der Waals surface area contributed by atoms with E-state index in [1.807, 2.05) is 0 Å². The molecule has 0 fully saturated rings. The van der Waals surface area contributed by atoms with Crippen LogP contribution in [0.5, 0.6) is 0 Å². The molecule has 0 spiro atoms. The lowest BCUT2D eigenvalue weighted by molar-refractivity contribution is 0.523. The van der Waals surface area contributed by atoms with E-state index in [4.69, 9.17) is 0 Å². The molecule has 128 valence electrons. The van der Waals surface area contributed by atoms with Crippen LogP contribution in [0.2, 0.25) is 0 Å². The van der Waals surface area contributed by atoms with Crippen molar-refractivity contribution in [2.24, 2.45) is 0 Å². The van der Waals surface area contributed by atoms with E-state index in [1.165, 1.54) is 16.7 Å². The van der Waals surface area contributed by atoms with Crippen LogP contribution in [-0.2, 0) is 0 Å². The summed E-state index contributed by atoms with van der Waals surface area (Å²) < 4.78 is 0. The summed E-state index contributed by atoms with van der Waals surface area (Å²) >= 11 is 0. The maximum Gasteiger partial charge on any atom is 0.0577 e. The van der Waals surface area contributed by atoms with E-state index in [0.717, 1.165) is 13.1 Å². The van der Waals surface area contributed by atoms with Crippen LogP contribution in [0, 0.1) is 0 Å². The number of nitrogens with one attached hydrogen (secondary N) is 2. The molecule has 3 aromatic rings. The van der Waals surface area contributed by atoms with Crippen LogP contribution in [0.25, 0.3) is 0 Å². The molecule has 3 aromatic carbocycles. The second kappa shape index (κ2) is 9.16. The Hall–Kier alpha value is -2.42. The molecule has 2 N–H and O–H groups in total. The summed E-state index contributed by atoms with van der Waals surface area (Å²) in [6.45, 7) is 4.04. The fraction of sp³-hybridized carbons (Fsp3) is 0.217. The third-order valence-corrected chi connectivity index (χ3v) is 4.49. The van der Waals surface area contributed by atoms with Crippen molar-refractivity contribution in [1.82, 2.24) is 10.6 Å². The first-order chi connectivity index (χ1) is 12.3. The largest absolute Gasteiger partial charge is 0.309 e. The van der Waals surface area contributed by atoms with Gasteiger partial charge in [0, 0.05) is 19.1 Å². The summed E-state index contributed by atoms with van der Waals surface area (Å²) in [6.07, 6.45) is 0. The molecule has 1 unspecified atom stereocenters. The van der Waals surface area contributed by atoms with Gasteiger partial charge < -0.3 is 10.6 Å².